The van der Waals surface area contributed by atoms with E-state index in [-0.39, 0.29) is 0 Å². The first kappa shape index (κ1) is 18.9. The van der Waals surface area contributed by atoms with Crippen LogP contribution in [0.3, 0.4) is 0 Å². The summed E-state index contributed by atoms with van der Waals surface area (Å²) in [5.41, 5.74) is 4.70. The van der Waals surface area contributed by atoms with E-state index in [0.717, 1.165) is 49.7 Å². The first-order valence-electron chi connectivity index (χ1n) is 8.73. The predicted molar refractivity (Wildman–Crippen MR) is 101 cm³/mol. The Morgan fingerprint density at radius 2 is 1.54 bits per heavy atom. The fourth-order valence-corrected chi connectivity index (χ4v) is 3.32. The van der Waals surface area contributed by atoms with Crippen LogP contribution in [-0.4, -0.2) is 9.79 Å². The summed E-state index contributed by atoms with van der Waals surface area (Å²) in [6, 6.07) is 14.1. The number of hydrogen-bond acceptors (Lipinski definition) is 3. The molecule has 3 nitrogen and oxygen atoms in total. The van der Waals surface area contributed by atoms with Crippen molar-refractivity contribution in [3.8, 4) is 16.9 Å². The number of aryl methyl sites for hydroxylation is 1. The Kier molecular flexibility index (Phi) is 7.71. The third-order valence-corrected chi connectivity index (χ3v) is 4.55. The van der Waals surface area contributed by atoms with Gasteiger partial charge in [-0.15, -0.1) is 0 Å². The Morgan fingerprint density at radius 3 is 2.17 bits per heavy atom. The van der Waals surface area contributed by atoms with Crippen LogP contribution in [0.5, 0.6) is 5.75 Å². The number of rotatable bonds is 9. The van der Waals surface area contributed by atoms with Crippen molar-refractivity contribution in [1.82, 2.24) is 0 Å². The second-order valence-corrected chi connectivity index (χ2v) is 6.68. The molecule has 0 spiro atoms. The van der Waals surface area contributed by atoms with Crippen LogP contribution in [0.4, 0.5) is 0 Å². The van der Waals surface area contributed by atoms with Gasteiger partial charge in [0.25, 0.3) is 0 Å². The van der Waals surface area contributed by atoms with Crippen LogP contribution in [0.2, 0.25) is 0 Å². The van der Waals surface area contributed by atoms with E-state index in [1.807, 2.05) is 24.3 Å². The zero-order valence-corrected chi connectivity index (χ0v) is 15.4. The Morgan fingerprint density at radius 1 is 0.875 bits per heavy atom. The van der Waals surface area contributed by atoms with Crippen LogP contribution in [0.25, 0.3) is 11.1 Å². The van der Waals surface area contributed by atoms with Gasteiger partial charge in [-0.3, -0.25) is 0 Å². The molecular formula is C20H27O3P. The zero-order valence-electron chi connectivity index (χ0n) is 14.5. The molecule has 0 aliphatic heterocycles. The van der Waals surface area contributed by atoms with E-state index in [4.69, 9.17) is 4.52 Å². The summed E-state index contributed by atoms with van der Waals surface area (Å²) in [6.07, 6.45) is 6.56. The second-order valence-electron chi connectivity index (χ2n) is 5.99. The maximum absolute atomic E-state index is 9.35. The van der Waals surface area contributed by atoms with Crippen LogP contribution < -0.4 is 4.52 Å². The van der Waals surface area contributed by atoms with Gasteiger partial charge in [0.05, 0.1) is 0 Å². The molecule has 0 aliphatic rings. The SMILES string of the molecule is CCCCc1ccc(OP(O)O)c(-c2ccccc2)c1CCCC. The van der Waals surface area contributed by atoms with Crippen LogP contribution in [0, 0.1) is 0 Å². The van der Waals surface area contributed by atoms with Gasteiger partial charge in [0.1, 0.15) is 5.75 Å². The summed E-state index contributed by atoms with van der Waals surface area (Å²) in [4.78, 5) is 18.7. The van der Waals surface area contributed by atoms with Gasteiger partial charge in [-0.05, 0) is 48.4 Å². The van der Waals surface area contributed by atoms with Crippen LogP contribution in [0.15, 0.2) is 42.5 Å². The molecule has 0 saturated heterocycles. The molecule has 2 N–H and O–H groups in total. The molecule has 0 heterocycles. The summed E-state index contributed by atoms with van der Waals surface area (Å²) in [5.74, 6) is 0.559. The van der Waals surface area contributed by atoms with Gasteiger partial charge in [-0.1, -0.05) is 63.1 Å². The lowest BCUT2D eigenvalue weighted by molar-refractivity contribution is 0.375. The summed E-state index contributed by atoms with van der Waals surface area (Å²) in [7, 11) is -2.43. The van der Waals surface area contributed by atoms with Crippen molar-refractivity contribution in [1.29, 1.82) is 0 Å². The van der Waals surface area contributed by atoms with E-state index in [0.29, 0.717) is 5.75 Å². The van der Waals surface area contributed by atoms with Crippen LogP contribution in [-0.2, 0) is 12.8 Å². The minimum Gasteiger partial charge on any atom is -0.426 e. The smallest absolute Gasteiger partial charge is 0.391 e. The van der Waals surface area contributed by atoms with Gasteiger partial charge in [0, 0.05) is 5.56 Å². The molecule has 2 rings (SSSR count). The van der Waals surface area contributed by atoms with E-state index in [2.05, 4.69) is 32.0 Å². The molecular weight excluding hydrogens is 319 g/mol. The first-order chi connectivity index (χ1) is 11.7. The highest BCUT2D eigenvalue weighted by Crippen LogP contribution is 2.41. The van der Waals surface area contributed by atoms with Gasteiger partial charge in [-0.25, -0.2) is 0 Å². The molecule has 24 heavy (non-hydrogen) atoms. The summed E-state index contributed by atoms with van der Waals surface area (Å²) < 4.78 is 5.36. The lowest BCUT2D eigenvalue weighted by atomic mass is 9.89. The highest BCUT2D eigenvalue weighted by Gasteiger charge is 2.18. The van der Waals surface area contributed by atoms with Crippen molar-refractivity contribution in [2.75, 3.05) is 0 Å². The third kappa shape index (κ3) is 5.04. The normalized spacial score (nSPS) is 11.0. The predicted octanol–water partition coefficient (Wildman–Crippen LogP) is 5.63. The van der Waals surface area contributed by atoms with E-state index in [9.17, 15) is 9.79 Å². The number of hydrogen-bond donors (Lipinski definition) is 2. The lowest BCUT2D eigenvalue weighted by Crippen LogP contribution is -2.01. The van der Waals surface area contributed by atoms with Crippen molar-refractivity contribution in [2.45, 2.75) is 52.4 Å². The Labute approximate surface area is 146 Å². The molecule has 0 amide bonds. The minimum atomic E-state index is -2.43. The Hall–Kier alpha value is -1.41. The maximum atomic E-state index is 9.35. The average molecular weight is 346 g/mol. The molecule has 0 fully saturated rings. The molecule has 0 atom stereocenters. The van der Waals surface area contributed by atoms with Crippen LogP contribution in [0.1, 0.15) is 50.7 Å². The summed E-state index contributed by atoms with van der Waals surface area (Å²) in [6.45, 7) is 4.39. The summed E-state index contributed by atoms with van der Waals surface area (Å²) >= 11 is 0. The zero-order chi connectivity index (χ0) is 17.4. The van der Waals surface area contributed by atoms with E-state index in [1.165, 1.54) is 11.1 Å². The fourth-order valence-electron chi connectivity index (χ4n) is 3.00. The van der Waals surface area contributed by atoms with Crippen molar-refractivity contribution in [2.24, 2.45) is 0 Å². The standard InChI is InChI=1S/C20H27O3P/c1-3-5-10-16-14-15-19(23-24(21)22)20(18(16)13-6-4-2)17-11-8-7-9-12-17/h7-9,11-12,14-15,21-22H,3-6,10,13H2,1-2H3. The summed E-state index contributed by atoms with van der Waals surface area (Å²) in [5, 5.41) is 0. The monoisotopic (exact) mass is 346 g/mol. The third-order valence-electron chi connectivity index (χ3n) is 4.19. The largest absolute Gasteiger partial charge is 0.426 e. The van der Waals surface area contributed by atoms with E-state index >= 15 is 0 Å². The highest BCUT2D eigenvalue weighted by atomic mass is 31.2. The maximum Gasteiger partial charge on any atom is 0.391 e. The van der Waals surface area contributed by atoms with Crippen molar-refractivity contribution < 1.29 is 14.3 Å². The Balaban J connectivity index is 2.57. The van der Waals surface area contributed by atoms with Crippen molar-refractivity contribution in [3.05, 3.63) is 53.6 Å². The minimum absolute atomic E-state index is 0.559. The average Bonchev–Trinajstić information content (AvgIpc) is 2.59. The fraction of sp³-hybridized carbons (Fsp3) is 0.400. The second kappa shape index (κ2) is 9.78. The molecule has 0 radical (unpaired) electrons. The van der Waals surface area contributed by atoms with E-state index < -0.39 is 8.60 Å². The topological polar surface area (TPSA) is 49.7 Å². The highest BCUT2D eigenvalue weighted by molar-refractivity contribution is 7.39. The van der Waals surface area contributed by atoms with Crippen molar-refractivity contribution >= 4 is 8.60 Å². The number of benzene rings is 2. The quantitative estimate of drug-likeness (QED) is 0.579. The molecule has 130 valence electrons. The number of unbranched alkanes of at least 4 members (excludes halogenated alkanes) is 2. The van der Waals surface area contributed by atoms with E-state index in [1.54, 1.807) is 0 Å². The van der Waals surface area contributed by atoms with Gasteiger partial charge in [0.15, 0.2) is 0 Å². The Bertz CT molecular complexity index is 626. The molecule has 0 unspecified atom stereocenters. The molecule has 0 aromatic heterocycles. The lowest BCUT2D eigenvalue weighted by Gasteiger charge is -2.19. The molecule has 0 aliphatic carbocycles. The molecule has 2 aromatic rings. The van der Waals surface area contributed by atoms with Gasteiger partial charge >= 0.3 is 8.60 Å². The molecule has 0 saturated carbocycles. The van der Waals surface area contributed by atoms with Gasteiger partial charge in [0.2, 0.25) is 0 Å². The van der Waals surface area contributed by atoms with Crippen molar-refractivity contribution in [3.63, 3.8) is 0 Å². The molecule has 4 heteroatoms. The van der Waals surface area contributed by atoms with Gasteiger partial charge < -0.3 is 14.3 Å². The molecule has 2 aromatic carbocycles. The molecule has 0 bridgehead atoms. The van der Waals surface area contributed by atoms with Gasteiger partial charge in [-0.2, -0.15) is 0 Å². The first-order valence-corrected chi connectivity index (χ1v) is 9.89. The van der Waals surface area contributed by atoms with Crippen LogP contribution >= 0.6 is 8.60 Å².